The van der Waals surface area contributed by atoms with Crippen molar-refractivity contribution in [2.75, 3.05) is 23.3 Å². The summed E-state index contributed by atoms with van der Waals surface area (Å²) >= 11 is 0. The standard InChI is InChI=1S/C23H25FN4O2/c1-4-27(5-2)20-12-10-19(11-13-20)25-23(30)16(3)28-22(29)15-14-21(26-28)17-6-8-18(24)9-7-17/h6-16H,4-5H2,1-3H3,(H,25,30). The Morgan fingerprint density at radius 1 is 1.03 bits per heavy atom. The Morgan fingerprint density at radius 2 is 1.67 bits per heavy atom. The highest BCUT2D eigenvalue weighted by Crippen LogP contribution is 2.19. The number of nitrogens with one attached hydrogen (secondary N) is 1. The molecule has 0 aliphatic carbocycles. The first kappa shape index (κ1) is 21.2. The van der Waals surface area contributed by atoms with Crippen LogP contribution in [0.15, 0.2) is 65.5 Å². The lowest BCUT2D eigenvalue weighted by Crippen LogP contribution is -2.33. The summed E-state index contributed by atoms with van der Waals surface area (Å²) in [6, 6.07) is 15.5. The van der Waals surface area contributed by atoms with Gasteiger partial charge in [-0.15, -0.1) is 0 Å². The molecule has 0 fully saturated rings. The third-order valence-electron chi connectivity index (χ3n) is 4.97. The predicted octanol–water partition coefficient (Wildman–Crippen LogP) is 4.10. The van der Waals surface area contributed by atoms with Gasteiger partial charge in [0.15, 0.2) is 0 Å². The van der Waals surface area contributed by atoms with E-state index >= 15 is 0 Å². The molecule has 30 heavy (non-hydrogen) atoms. The zero-order chi connectivity index (χ0) is 21.7. The molecule has 1 heterocycles. The first-order chi connectivity index (χ1) is 14.4. The van der Waals surface area contributed by atoms with Crippen molar-refractivity contribution in [2.45, 2.75) is 26.8 Å². The molecular formula is C23H25FN4O2. The van der Waals surface area contributed by atoms with Gasteiger partial charge in [-0.3, -0.25) is 9.59 Å². The number of nitrogens with zero attached hydrogens (tertiary/aromatic N) is 3. The topological polar surface area (TPSA) is 67.2 Å². The smallest absolute Gasteiger partial charge is 0.267 e. The quantitative estimate of drug-likeness (QED) is 0.639. The molecule has 0 bridgehead atoms. The summed E-state index contributed by atoms with van der Waals surface area (Å²) in [5.41, 5.74) is 2.48. The van der Waals surface area contributed by atoms with Gasteiger partial charge in [-0.25, -0.2) is 9.07 Å². The number of carbonyl (C=O) groups is 1. The summed E-state index contributed by atoms with van der Waals surface area (Å²) in [5, 5.41) is 7.14. The molecule has 0 saturated heterocycles. The zero-order valence-electron chi connectivity index (χ0n) is 17.3. The van der Waals surface area contributed by atoms with Gasteiger partial charge in [-0.1, -0.05) is 0 Å². The summed E-state index contributed by atoms with van der Waals surface area (Å²) in [7, 11) is 0. The summed E-state index contributed by atoms with van der Waals surface area (Å²) < 4.78 is 14.3. The molecule has 0 saturated carbocycles. The van der Waals surface area contributed by atoms with Crippen molar-refractivity contribution in [1.29, 1.82) is 0 Å². The third kappa shape index (κ3) is 4.74. The minimum atomic E-state index is -0.819. The second-order valence-corrected chi connectivity index (χ2v) is 6.89. The fraction of sp³-hybridized carbons (Fsp3) is 0.261. The molecule has 156 valence electrons. The largest absolute Gasteiger partial charge is 0.372 e. The lowest BCUT2D eigenvalue weighted by molar-refractivity contribution is -0.119. The van der Waals surface area contributed by atoms with Crippen LogP contribution in [-0.2, 0) is 4.79 Å². The van der Waals surface area contributed by atoms with E-state index in [9.17, 15) is 14.0 Å². The molecule has 0 aliphatic rings. The summed E-state index contributed by atoms with van der Waals surface area (Å²) in [5.74, 6) is -0.705. The molecule has 0 radical (unpaired) electrons. The Morgan fingerprint density at radius 3 is 2.27 bits per heavy atom. The van der Waals surface area contributed by atoms with Crippen molar-refractivity contribution in [1.82, 2.24) is 9.78 Å². The Bertz CT molecular complexity index is 1060. The van der Waals surface area contributed by atoms with Crippen LogP contribution in [-0.4, -0.2) is 28.8 Å². The second-order valence-electron chi connectivity index (χ2n) is 6.89. The minimum absolute atomic E-state index is 0.351. The maximum Gasteiger partial charge on any atom is 0.267 e. The van der Waals surface area contributed by atoms with Crippen LogP contribution >= 0.6 is 0 Å². The van der Waals surface area contributed by atoms with Crippen molar-refractivity contribution in [3.8, 4) is 11.3 Å². The van der Waals surface area contributed by atoms with Gasteiger partial charge in [-0.05, 0) is 75.4 Å². The van der Waals surface area contributed by atoms with Crippen molar-refractivity contribution in [3.63, 3.8) is 0 Å². The maximum atomic E-state index is 13.2. The van der Waals surface area contributed by atoms with Crippen LogP contribution in [0.2, 0.25) is 0 Å². The lowest BCUT2D eigenvalue weighted by atomic mass is 10.1. The van der Waals surface area contributed by atoms with Gasteiger partial charge in [0, 0.05) is 36.1 Å². The van der Waals surface area contributed by atoms with E-state index in [2.05, 4.69) is 29.2 Å². The highest BCUT2D eigenvalue weighted by atomic mass is 19.1. The first-order valence-electron chi connectivity index (χ1n) is 9.94. The molecule has 1 amide bonds. The first-order valence-corrected chi connectivity index (χ1v) is 9.94. The highest BCUT2D eigenvalue weighted by molar-refractivity contribution is 5.93. The summed E-state index contributed by atoms with van der Waals surface area (Å²) in [6.07, 6.45) is 0. The molecule has 3 rings (SSSR count). The van der Waals surface area contributed by atoms with Crippen molar-refractivity contribution in [3.05, 3.63) is 76.8 Å². The number of hydrogen-bond acceptors (Lipinski definition) is 4. The van der Waals surface area contributed by atoms with Crippen molar-refractivity contribution in [2.24, 2.45) is 0 Å². The number of amides is 1. The molecule has 3 aromatic rings. The van der Waals surface area contributed by atoms with Crippen LogP contribution in [0.25, 0.3) is 11.3 Å². The van der Waals surface area contributed by atoms with E-state index < -0.39 is 6.04 Å². The second kappa shape index (κ2) is 9.35. The van der Waals surface area contributed by atoms with Gasteiger partial charge >= 0.3 is 0 Å². The van der Waals surface area contributed by atoms with Crippen LogP contribution in [0.4, 0.5) is 15.8 Å². The van der Waals surface area contributed by atoms with E-state index in [1.165, 1.54) is 18.2 Å². The van der Waals surface area contributed by atoms with Crippen LogP contribution < -0.4 is 15.8 Å². The van der Waals surface area contributed by atoms with Gasteiger partial charge < -0.3 is 10.2 Å². The van der Waals surface area contributed by atoms with Gasteiger partial charge in [0.2, 0.25) is 5.91 Å². The predicted molar refractivity (Wildman–Crippen MR) is 117 cm³/mol. The number of halogens is 1. The van der Waals surface area contributed by atoms with Gasteiger partial charge in [-0.2, -0.15) is 5.10 Å². The molecule has 6 nitrogen and oxygen atoms in total. The normalized spacial score (nSPS) is 11.7. The minimum Gasteiger partial charge on any atom is -0.372 e. The molecule has 0 spiro atoms. The number of anilines is 2. The number of benzene rings is 2. The van der Waals surface area contributed by atoms with Crippen LogP contribution in [0.1, 0.15) is 26.8 Å². The monoisotopic (exact) mass is 408 g/mol. The molecule has 1 unspecified atom stereocenters. The number of hydrogen-bond donors (Lipinski definition) is 1. The third-order valence-corrected chi connectivity index (χ3v) is 4.97. The fourth-order valence-electron chi connectivity index (χ4n) is 3.18. The molecular weight excluding hydrogens is 383 g/mol. The van der Waals surface area contributed by atoms with E-state index in [-0.39, 0.29) is 17.3 Å². The zero-order valence-corrected chi connectivity index (χ0v) is 17.3. The van der Waals surface area contributed by atoms with Crippen molar-refractivity contribution >= 4 is 17.3 Å². The molecule has 1 aromatic heterocycles. The van der Waals surface area contributed by atoms with Crippen LogP contribution in [0.3, 0.4) is 0 Å². The van der Waals surface area contributed by atoms with E-state index in [0.29, 0.717) is 16.9 Å². The van der Waals surface area contributed by atoms with Crippen LogP contribution in [0.5, 0.6) is 0 Å². The van der Waals surface area contributed by atoms with Gasteiger partial charge in [0.05, 0.1) is 5.69 Å². The van der Waals surface area contributed by atoms with E-state index in [0.717, 1.165) is 23.5 Å². The van der Waals surface area contributed by atoms with Crippen molar-refractivity contribution < 1.29 is 9.18 Å². The molecule has 1 atom stereocenters. The SMILES string of the molecule is CCN(CC)c1ccc(NC(=O)C(C)n2nc(-c3ccc(F)cc3)ccc2=O)cc1. The van der Waals surface area contributed by atoms with Gasteiger partial charge in [0.25, 0.3) is 5.56 Å². The Kier molecular flexibility index (Phi) is 6.61. The van der Waals surface area contributed by atoms with Crippen LogP contribution in [0, 0.1) is 5.82 Å². The number of aromatic nitrogens is 2. The Hall–Kier alpha value is -3.48. The van der Waals surface area contributed by atoms with E-state index in [1.807, 2.05) is 24.3 Å². The average Bonchev–Trinajstić information content (AvgIpc) is 2.76. The molecule has 0 aliphatic heterocycles. The van der Waals surface area contributed by atoms with E-state index in [4.69, 9.17) is 0 Å². The summed E-state index contributed by atoms with van der Waals surface area (Å²) in [6.45, 7) is 7.59. The summed E-state index contributed by atoms with van der Waals surface area (Å²) in [4.78, 5) is 27.2. The maximum absolute atomic E-state index is 13.2. The molecule has 1 N–H and O–H groups in total. The lowest BCUT2D eigenvalue weighted by Gasteiger charge is -2.21. The van der Waals surface area contributed by atoms with Gasteiger partial charge in [0.1, 0.15) is 11.9 Å². The average molecular weight is 408 g/mol. The number of rotatable bonds is 7. The Balaban J connectivity index is 1.78. The molecule has 2 aromatic carbocycles. The fourth-order valence-corrected chi connectivity index (χ4v) is 3.18. The number of carbonyl (C=O) groups excluding carboxylic acids is 1. The van der Waals surface area contributed by atoms with E-state index in [1.54, 1.807) is 25.1 Å². The molecule has 7 heteroatoms. The Labute approximate surface area is 175 Å². The highest BCUT2D eigenvalue weighted by Gasteiger charge is 2.18.